The molecule has 16 heavy (non-hydrogen) atoms. The van der Waals surface area contributed by atoms with Crippen LogP contribution in [0.3, 0.4) is 0 Å². The van der Waals surface area contributed by atoms with Gasteiger partial charge in [-0.05, 0) is 30.6 Å². The molecular weight excluding hydrogens is 202 g/mol. The highest BCUT2D eigenvalue weighted by Crippen LogP contribution is 2.39. The number of carbonyl (C=O) groups excluding carboxylic acids is 1. The summed E-state index contributed by atoms with van der Waals surface area (Å²) < 4.78 is 0. The molecule has 0 spiro atoms. The summed E-state index contributed by atoms with van der Waals surface area (Å²) in [4.78, 5) is 13.8. The van der Waals surface area contributed by atoms with E-state index < -0.39 is 5.54 Å². The smallest absolute Gasteiger partial charge is 0.239 e. The Kier molecular flexibility index (Phi) is 2.97. The maximum Gasteiger partial charge on any atom is 0.239 e. The standard InChI is InChI=1S/C12H23N3O/c1-8-5-15(6-9(8)2)7-12(14,11(13)16)10-3-4-10/h8-10H,3-7,14H2,1-2H3,(H2,13,16). The van der Waals surface area contributed by atoms with Crippen LogP contribution < -0.4 is 11.5 Å². The van der Waals surface area contributed by atoms with Gasteiger partial charge in [0, 0.05) is 19.6 Å². The third kappa shape index (κ3) is 2.09. The monoisotopic (exact) mass is 225 g/mol. The first kappa shape index (κ1) is 11.9. The van der Waals surface area contributed by atoms with Crippen molar-refractivity contribution in [1.29, 1.82) is 0 Å². The minimum absolute atomic E-state index is 0.316. The molecule has 3 atom stereocenters. The van der Waals surface area contributed by atoms with Gasteiger partial charge in [-0.15, -0.1) is 0 Å². The highest BCUT2D eigenvalue weighted by atomic mass is 16.1. The molecule has 0 radical (unpaired) electrons. The number of carbonyl (C=O) groups is 1. The van der Waals surface area contributed by atoms with Gasteiger partial charge in [0.1, 0.15) is 5.54 Å². The summed E-state index contributed by atoms with van der Waals surface area (Å²) in [6.45, 7) is 7.23. The lowest BCUT2D eigenvalue weighted by atomic mass is 9.93. The molecule has 0 bridgehead atoms. The number of primary amides is 1. The maximum absolute atomic E-state index is 11.5. The lowest BCUT2D eigenvalue weighted by molar-refractivity contribution is -0.124. The van der Waals surface area contributed by atoms with Crippen molar-refractivity contribution in [3.05, 3.63) is 0 Å². The molecule has 4 heteroatoms. The molecule has 3 unspecified atom stereocenters. The summed E-state index contributed by atoms with van der Waals surface area (Å²) in [6.07, 6.45) is 2.11. The SMILES string of the molecule is CC1CN(CC(N)(C(N)=O)C2CC2)CC1C. The molecular formula is C12H23N3O. The fourth-order valence-electron chi connectivity index (χ4n) is 2.75. The first-order valence-electron chi connectivity index (χ1n) is 6.24. The lowest BCUT2D eigenvalue weighted by Gasteiger charge is -2.31. The van der Waals surface area contributed by atoms with Crippen molar-refractivity contribution >= 4 is 5.91 Å². The average molecular weight is 225 g/mol. The number of rotatable bonds is 4. The summed E-state index contributed by atoms with van der Waals surface area (Å²) in [6, 6.07) is 0. The van der Waals surface area contributed by atoms with E-state index in [9.17, 15) is 4.79 Å². The molecule has 0 aromatic heterocycles. The Morgan fingerprint density at radius 2 is 1.81 bits per heavy atom. The van der Waals surface area contributed by atoms with Gasteiger partial charge in [0.2, 0.25) is 5.91 Å². The molecule has 0 aromatic rings. The number of nitrogens with zero attached hydrogens (tertiary/aromatic N) is 1. The van der Waals surface area contributed by atoms with Crippen molar-refractivity contribution in [2.45, 2.75) is 32.2 Å². The van der Waals surface area contributed by atoms with Crippen LogP contribution in [0.15, 0.2) is 0 Å². The molecule has 1 aliphatic carbocycles. The molecule has 0 aromatic carbocycles. The van der Waals surface area contributed by atoms with E-state index in [0.29, 0.717) is 24.3 Å². The summed E-state index contributed by atoms with van der Waals surface area (Å²) in [7, 11) is 0. The van der Waals surface area contributed by atoms with Crippen LogP contribution in [0.4, 0.5) is 0 Å². The summed E-state index contributed by atoms with van der Waals surface area (Å²) >= 11 is 0. The highest BCUT2D eigenvalue weighted by molar-refractivity contribution is 5.85. The predicted molar refractivity (Wildman–Crippen MR) is 63.6 cm³/mol. The second kappa shape index (κ2) is 4.00. The number of hydrogen-bond donors (Lipinski definition) is 2. The van der Waals surface area contributed by atoms with E-state index >= 15 is 0 Å². The molecule has 1 aliphatic heterocycles. The van der Waals surface area contributed by atoms with E-state index in [2.05, 4.69) is 18.7 Å². The molecule has 1 amide bonds. The number of amides is 1. The quantitative estimate of drug-likeness (QED) is 0.716. The van der Waals surface area contributed by atoms with E-state index in [-0.39, 0.29) is 5.91 Å². The first-order chi connectivity index (χ1) is 7.43. The van der Waals surface area contributed by atoms with Crippen molar-refractivity contribution in [3.8, 4) is 0 Å². The van der Waals surface area contributed by atoms with E-state index in [4.69, 9.17) is 11.5 Å². The molecule has 4 nitrogen and oxygen atoms in total. The molecule has 2 fully saturated rings. The highest BCUT2D eigenvalue weighted by Gasteiger charge is 2.48. The van der Waals surface area contributed by atoms with Gasteiger partial charge in [0.25, 0.3) is 0 Å². The van der Waals surface area contributed by atoms with Crippen LogP contribution in [-0.4, -0.2) is 36.0 Å². The van der Waals surface area contributed by atoms with Gasteiger partial charge in [0.15, 0.2) is 0 Å². The minimum atomic E-state index is -0.788. The fourth-order valence-corrected chi connectivity index (χ4v) is 2.75. The Balaban J connectivity index is 1.99. The predicted octanol–water partition coefficient (Wildman–Crippen LogP) is 0.167. The molecule has 4 N–H and O–H groups in total. The second-order valence-corrected chi connectivity index (χ2v) is 5.83. The van der Waals surface area contributed by atoms with Crippen molar-refractivity contribution in [2.75, 3.05) is 19.6 Å². The number of hydrogen-bond acceptors (Lipinski definition) is 3. The van der Waals surface area contributed by atoms with Crippen LogP contribution in [0.5, 0.6) is 0 Å². The van der Waals surface area contributed by atoms with Gasteiger partial charge in [0.05, 0.1) is 0 Å². The molecule has 1 saturated heterocycles. The molecule has 2 rings (SSSR count). The number of nitrogens with two attached hydrogens (primary N) is 2. The van der Waals surface area contributed by atoms with Gasteiger partial charge in [-0.25, -0.2) is 0 Å². The van der Waals surface area contributed by atoms with E-state index in [0.717, 1.165) is 25.9 Å². The zero-order chi connectivity index (χ0) is 11.9. The summed E-state index contributed by atoms with van der Waals surface area (Å²) in [5.41, 5.74) is 10.9. The van der Waals surface area contributed by atoms with Crippen LogP contribution in [0.1, 0.15) is 26.7 Å². The Morgan fingerprint density at radius 1 is 1.31 bits per heavy atom. The number of likely N-dealkylation sites (tertiary alicyclic amines) is 1. The van der Waals surface area contributed by atoms with Crippen LogP contribution >= 0.6 is 0 Å². The first-order valence-corrected chi connectivity index (χ1v) is 6.24. The normalized spacial score (nSPS) is 34.9. The van der Waals surface area contributed by atoms with Gasteiger partial charge in [-0.1, -0.05) is 13.8 Å². The van der Waals surface area contributed by atoms with Crippen LogP contribution in [-0.2, 0) is 4.79 Å². The maximum atomic E-state index is 11.5. The fraction of sp³-hybridized carbons (Fsp3) is 0.917. The van der Waals surface area contributed by atoms with Gasteiger partial charge in [-0.2, -0.15) is 0 Å². The molecule has 92 valence electrons. The van der Waals surface area contributed by atoms with Crippen molar-refractivity contribution in [3.63, 3.8) is 0 Å². The lowest BCUT2D eigenvalue weighted by Crippen LogP contribution is -2.60. The third-order valence-corrected chi connectivity index (χ3v) is 4.31. The van der Waals surface area contributed by atoms with Crippen LogP contribution in [0, 0.1) is 17.8 Å². The van der Waals surface area contributed by atoms with Crippen molar-refractivity contribution in [1.82, 2.24) is 4.90 Å². The van der Waals surface area contributed by atoms with Gasteiger partial charge >= 0.3 is 0 Å². The zero-order valence-electron chi connectivity index (χ0n) is 10.3. The Labute approximate surface area is 97.3 Å². The third-order valence-electron chi connectivity index (χ3n) is 4.31. The Hall–Kier alpha value is -0.610. The Morgan fingerprint density at radius 3 is 2.19 bits per heavy atom. The zero-order valence-corrected chi connectivity index (χ0v) is 10.3. The van der Waals surface area contributed by atoms with Gasteiger partial charge in [-0.3, -0.25) is 4.79 Å². The largest absolute Gasteiger partial charge is 0.368 e. The van der Waals surface area contributed by atoms with Crippen molar-refractivity contribution < 1.29 is 4.79 Å². The van der Waals surface area contributed by atoms with E-state index in [1.807, 2.05) is 0 Å². The van der Waals surface area contributed by atoms with Gasteiger partial charge < -0.3 is 16.4 Å². The summed E-state index contributed by atoms with van der Waals surface area (Å²) in [5, 5.41) is 0. The summed E-state index contributed by atoms with van der Waals surface area (Å²) in [5.74, 6) is 1.37. The minimum Gasteiger partial charge on any atom is -0.368 e. The molecule has 1 heterocycles. The van der Waals surface area contributed by atoms with Crippen LogP contribution in [0.2, 0.25) is 0 Å². The molecule has 1 saturated carbocycles. The average Bonchev–Trinajstić information content (AvgIpc) is 2.96. The van der Waals surface area contributed by atoms with E-state index in [1.54, 1.807) is 0 Å². The van der Waals surface area contributed by atoms with E-state index in [1.165, 1.54) is 0 Å². The van der Waals surface area contributed by atoms with Crippen LogP contribution in [0.25, 0.3) is 0 Å². The second-order valence-electron chi connectivity index (χ2n) is 5.83. The van der Waals surface area contributed by atoms with Crippen molar-refractivity contribution in [2.24, 2.45) is 29.2 Å². The topological polar surface area (TPSA) is 72.3 Å². The molecule has 2 aliphatic rings. The Bertz CT molecular complexity index is 280.